The number of ether oxygens (including phenoxy) is 2. The summed E-state index contributed by atoms with van der Waals surface area (Å²) in [5.41, 5.74) is 2.53. The number of halogens is 1. The minimum Gasteiger partial charge on any atom is -0.493 e. The lowest BCUT2D eigenvalue weighted by Crippen LogP contribution is -2.55. The molecule has 5 atom stereocenters. The van der Waals surface area contributed by atoms with E-state index in [1.165, 1.54) is 19.3 Å². The predicted octanol–water partition coefficient (Wildman–Crippen LogP) is 2.62. The van der Waals surface area contributed by atoms with Crippen molar-refractivity contribution in [3.63, 3.8) is 0 Å². The molecule has 2 aliphatic rings. The monoisotopic (exact) mass is 448 g/mol. The van der Waals surface area contributed by atoms with E-state index in [4.69, 9.17) is 21.1 Å². The lowest BCUT2D eigenvalue weighted by Gasteiger charge is -2.40. The van der Waals surface area contributed by atoms with Crippen molar-refractivity contribution < 1.29 is 29.9 Å². The highest BCUT2D eigenvalue weighted by Crippen LogP contribution is 2.34. The Bertz CT molecular complexity index is 867. The van der Waals surface area contributed by atoms with E-state index in [0.29, 0.717) is 22.9 Å². The standard InChI is InChI=1S/C24H29ClO6/c25-19-9-6-16(24-23(29)22(28)21(27)20(12-26)31-24)11-17(19)10-14-4-7-18(8-5-14)30-13-15-2-1-3-15/h4-9,11,15,20-24,26-29H,1-3,10,12-13H2/t20-,21-,22+,23-,24+/m1/s1. The summed E-state index contributed by atoms with van der Waals surface area (Å²) < 4.78 is 11.5. The molecule has 0 unspecified atom stereocenters. The zero-order valence-corrected chi connectivity index (χ0v) is 18.0. The summed E-state index contributed by atoms with van der Waals surface area (Å²) >= 11 is 6.41. The average Bonchev–Trinajstić information content (AvgIpc) is 2.74. The summed E-state index contributed by atoms with van der Waals surface area (Å²) in [6.45, 7) is 0.309. The lowest BCUT2D eigenvalue weighted by molar-refractivity contribution is -0.231. The summed E-state index contributed by atoms with van der Waals surface area (Å²) in [5.74, 6) is 1.54. The average molecular weight is 449 g/mol. The first-order chi connectivity index (χ1) is 15.0. The molecule has 1 saturated carbocycles. The summed E-state index contributed by atoms with van der Waals surface area (Å²) in [6, 6.07) is 13.2. The van der Waals surface area contributed by atoms with Crippen molar-refractivity contribution in [3.05, 3.63) is 64.2 Å². The van der Waals surface area contributed by atoms with Gasteiger partial charge in [0.2, 0.25) is 0 Å². The first kappa shape index (κ1) is 22.5. The molecule has 0 aromatic heterocycles. The third-order valence-corrected chi connectivity index (χ3v) is 6.69. The molecule has 1 saturated heterocycles. The minimum absolute atomic E-state index is 0.461. The Balaban J connectivity index is 1.46. The maximum atomic E-state index is 10.4. The van der Waals surface area contributed by atoms with E-state index in [-0.39, 0.29) is 0 Å². The molecular weight excluding hydrogens is 420 g/mol. The van der Waals surface area contributed by atoms with Gasteiger partial charge in [0.1, 0.15) is 36.3 Å². The smallest absolute Gasteiger partial charge is 0.119 e. The maximum Gasteiger partial charge on any atom is 0.119 e. The van der Waals surface area contributed by atoms with Gasteiger partial charge in [0, 0.05) is 5.02 Å². The number of aliphatic hydroxyl groups is 4. The normalized spacial score (nSPS) is 28.9. The topological polar surface area (TPSA) is 99.4 Å². The Labute approximate surface area is 187 Å². The van der Waals surface area contributed by atoms with E-state index in [2.05, 4.69) is 0 Å². The van der Waals surface area contributed by atoms with Crippen LogP contribution in [0, 0.1) is 5.92 Å². The second-order valence-corrected chi connectivity index (χ2v) is 8.94. The second kappa shape index (κ2) is 9.86. The van der Waals surface area contributed by atoms with Crippen LogP contribution in [-0.2, 0) is 11.2 Å². The fourth-order valence-electron chi connectivity index (χ4n) is 4.08. The van der Waals surface area contributed by atoms with Gasteiger partial charge in [-0.05, 0) is 60.1 Å². The van der Waals surface area contributed by atoms with Crippen molar-refractivity contribution in [1.29, 1.82) is 0 Å². The third kappa shape index (κ3) is 5.06. The molecule has 4 N–H and O–H groups in total. The highest BCUT2D eigenvalue weighted by atomic mass is 35.5. The lowest BCUT2D eigenvalue weighted by atomic mass is 9.86. The molecule has 2 fully saturated rings. The molecule has 2 aromatic carbocycles. The predicted molar refractivity (Wildman–Crippen MR) is 116 cm³/mol. The van der Waals surface area contributed by atoms with Crippen LogP contribution in [0.5, 0.6) is 5.75 Å². The van der Waals surface area contributed by atoms with Crippen molar-refractivity contribution >= 4 is 11.6 Å². The van der Waals surface area contributed by atoms with E-state index in [9.17, 15) is 20.4 Å². The van der Waals surface area contributed by atoms with Crippen LogP contribution in [0.1, 0.15) is 42.1 Å². The van der Waals surface area contributed by atoms with Gasteiger partial charge in [0.05, 0.1) is 13.2 Å². The molecule has 0 amide bonds. The molecular formula is C24H29ClO6. The first-order valence-corrected chi connectivity index (χ1v) is 11.1. The van der Waals surface area contributed by atoms with Crippen molar-refractivity contribution in [1.82, 2.24) is 0 Å². The highest BCUT2D eigenvalue weighted by molar-refractivity contribution is 6.31. The van der Waals surface area contributed by atoms with Crippen LogP contribution in [0.4, 0.5) is 0 Å². The van der Waals surface area contributed by atoms with Crippen LogP contribution in [0.25, 0.3) is 0 Å². The van der Waals surface area contributed by atoms with Crippen molar-refractivity contribution in [2.75, 3.05) is 13.2 Å². The molecule has 2 aromatic rings. The summed E-state index contributed by atoms with van der Waals surface area (Å²) in [5, 5.41) is 40.5. The second-order valence-electron chi connectivity index (χ2n) is 8.53. The first-order valence-electron chi connectivity index (χ1n) is 10.8. The fourth-order valence-corrected chi connectivity index (χ4v) is 4.27. The van der Waals surface area contributed by atoms with E-state index in [1.54, 1.807) is 12.1 Å². The van der Waals surface area contributed by atoms with Gasteiger partial charge >= 0.3 is 0 Å². The van der Waals surface area contributed by atoms with Crippen molar-refractivity contribution in [2.45, 2.75) is 56.2 Å². The van der Waals surface area contributed by atoms with Crippen LogP contribution in [0.3, 0.4) is 0 Å². The number of benzene rings is 2. The van der Waals surface area contributed by atoms with Gasteiger partial charge in [-0.25, -0.2) is 0 Å². The van der Waals surface area contributed by atoms with Gasteiger partial charge in [-0.3, -0.25) is 0 Å². The summed E-state index contributed by atoms with van der Waals surface area (Å²) in [7, 11) is 0. The Kier molecular flexibility index (Phi) is 7.16. The molecule has 7 heteroatoms. The molecule has 168 valence electrons. The molecule has 6 nitrogen and oxygen atoms in total. The van der Waals surface area contributed by atoms with Crippen LogP contribution >= 0.6 is 11.6 Å². The van der Waals surface area contributed by atoms with Crippen LogP contribution in [0.2, 0.25) is 5.02 Å². The van der Waals surface area contributed by atoms with Crippen LogP contribution in [-0.4, -0.2) is 58.1 Å². The Hall–Kier alpha value is -1.67. The highest BCUT2D eigenvalue weighted by Gasteiger charge is 2.44. The third-order valence-electron chi connectivity index (χ3n) is 6.32. The van der Waals surface area contributed by atoms with Crippen LogP contribution in [0.15, 0.2) is 42.5 Å². The van der Waals surface area contributed by atoms with Crippen LogP contribution < -0.4 is 4.74 Å². The van der Waals surface area contributed by atoms with E-state index < -0.39 is 37.1 Å². The zero-order valence-electron chi connectivity index (χ0n) is 17.2. The largest absolute Gasteiger partial charge is 0.493 e. The fraction of sp³-hybridized carbons (Fsp3) is 0.500. The molecule has 0 radical (unpaired) electrons. The van der Waals surface area contributed by atoms with Crippen molar-refractivity contribution in [3.8, 4) is 5.75 Å². The molecule has 0 spiro atoms. The molecule has 1 heterocycles. The summed E-state index contributed by atoms with van der Waals surface area (Å²) in [4.78, 5) is 0. The van der Waals surface area contributed by atoms with E-state index >= 15 is 0 Å². The van der Waals surface area contributed by atoms with Gasteiger partial charge in [0.15, 0.2) is 0 Å². The van der Waals surface area contributed by atoms with Gasteiger partial charge in [-0.15, -0.1) is 0 Å². The molecule has 0 bridgehead atoms. The van der Waals surface area contributed by atoms with Gasteiger partial charge in [0.25, 0.3) is 0 Å². The Morgan fingerprint density at radius 2 is 1.71 bits per heavy atom. The van der Waals surface area contributed by atoms with Gasteiger partial charge < -0.3 is 29.9 Å². The maximum absolute atomic E-state index is 10.4. The quantitative estimate of drug-likeness (QED) is 0.519. The van der Waals surface area contributed by atoms with Gasteiger partial charge in [-0.2, -0.15) is 0 Å². The molecule has 1 aliphatic carbocycles. The van der Waals surface area contributed by atoms with E-state index in [0.717, 1.165) is 23.5 Å². The SMILES string of the molecule is OC[C@H]1O[C@@H](c2ccc(Cl)c(Cc3ccc(OCC4CCC4)cc3)c2)[C@H](O)[C@@H](O)[C@@H]1O. The Morgan fingerprint density at radius 3 is 2.35 bits per heavy atom. The zero-order chi connectivity index (χ0) is 22.0. The summed E-state index contributed by atoms with van der Waals surface area (Å²) in [6.07, 6.45) is -1.57. The van der Waals surface area contributed by atoms with Crippen molar-refractivity contribution in [2.24, 2.45) is 5.92 Å². The minimum atomic E-state index is -1.41. The number of hydrogen-bond donors (Lipinski definition) is 4. The number of rotatable bonds is 7. The van der Waals surface area contributed by atoms with E-state index in [1.807, 2.05) is 30.3 Å². The molecule has 31 heavy (non-hydrogen) atoms. The molecule has 4 rings (SSSR count). The Morgan fingerprint density at radius 1 is 0.968 bits per heavy atom. The molecule has 1 aliphatic heterocycles. The number of hydrogen-bond acceptors (Lipinski definition) is 6. The number of aliphatic hydroxyl groups excluding tert-OH is 4. The van der Waals surface area contributed by atoms with Gasteiger partial charge in [-0.1, -0.05) is 42.3 Å².